The molecule has 0 aliphatic carbocycles. The summed E-state index contributed by atoms with van der Waals surface area (Å²) in [5.41, 5.74) is -0.642. The van der Waals surface area contributed by atoms with Crippen molar-refractivity contribution in [1.29, 1.82) is 0 Å². The van der Waals surface area contributed by atoms with Gasteiger partial charge in [0.2, 0.25) is 11.8 Å². The van der Waals surface area contributed by atoms with Crippen molar-refractivity contribution < 1.29 is 27.2 Å². The largest absolute Gasteiger partial charge is 0.417 e. The van der Waals surface area contributed by atoms with Crippen molar-refractivity contribution in [1.82, 2.24) is 9.88 Å². The van der Waals surface area contributed by atoms with Crippen molar-refractivity contribution in [3.05, 3.63) is 54.0 Å². The number of pyridine rings is 1. The van der Waals surface area contributed by atoms with E-state index in [0.717, 1.165) is 12.3 Å². The molecule has 0 spiro atoms. The number of carbonyl (C=O) groups excluding carboxylic acids is 2. The molecule has 6 nitrogen and oxygen atoms in total. The number of amides is 2. The monoisotopic (exact) mass is 436 g/mol. The molecule has 2 aromatic rings. The molecule has 10 heteroatoms. The van der Waals surface area contributed by atoms with Gasteiger partial charge in [-0.25, -0.2) is 9.37 Å². The first kappa shape index (κ1) is 21.1. The van der Waals surface area contributed by atoms with Crippen molar-refractivity contribution in [3.63, 3.8) is 0 Å². The quantitative estimate of drug-likeness (QED) is 0.695. The standard InChI is InChI=1S/C21H20F4N4O2/c22-16-3-1-2-4-17(16)29-13-14(11-19(29)30)20(31)28-9-7-27(8-10-28)18-6-5-15(12-26-18)21(23,24)25/h1-6,12,14H,7-11,13H2/t14-/m0/s1. The molecule has 0 unspecified atom stereocenters. The molecule has 2 aliphatic rings. The molecule has 1 atom stereocenters. The van der Waals surface area contributed by atoms with Gasteiger partial charge in [-0.1, -0.05) is 12.1 Å². The number of alkyl halides is 3. The zero-order valence-electron chi connectivity index (χ0n) is 16.5. The van der Waals surface area contributed by atoms with Gasteiger partial charge in [-0.3, -0.25) is 9.59 Å². The van der Waals surface area contributed by atoms with Crippen LogP contribution in [0.25, 0.3) is 0 Å². The molecule has 164 valence electrons. The number of hydrogen-bond acceptors (Lipinski definition) is 4. The Kier molecular flexibility index (Phi) is 5.55. The van der Waals surface area contributed by atoms with E-state index < -0.39 is 23.5 Å². The zero-order chi connectivity index (χ0) is 22.2. The molecular weight excluding hydrogens is 416 g/mol. The van der Waals surface area contributed by atoms with Gasteiger partial charge in [-0.2, -0.15) is 13.2 Å². The third-order valence-corrected chi connectivity index (χ3v) is 5.61. The van der Waals surface area contributed by atoms with Crippen molar-refractivity contribution in [2.45, 2.75) is 12.6 Å². The van der Waals surface area contributed by atoms with E-state index in [4.69, 9.17) is 0 Å². The topological polar surface area (TPSA) is 56.8 Å². The maximum absolute atomic E-state index is 14.0. The van der Waals surface area contributed by atoms with E-state index in [2.05, 4.69) is 4.98 Å². The number of rotatable bonds is 3. The molecule has 0 radical (unpaired) electrons. The summed E-state index contributed by atoms with van der Waals surface area (Å²) in [7, 11) is 0. The number of carbonyl (C=O) groups is 2. The predicted molar refractivity (Wildman–Crippen MR) is 105 cm³/mol. The van der Waals surface area contributed by atoms with Crippen LogP contribution in [-0.2, 0) is 15.8 Å². The molecule has 1 aromatic carbocycles. The first-order chi connectivity index (χ1) is 14.7. The Labute approximate surface area is 176 Å². The number of aromatic nitrogens is 1. The van der Waals surface area contributed by atoms with Crippen LogP contribution in [0.1, 0.15) is 12.0 Å². The third kappa shape index (κ3) is 4.33. The number of halogens is 4. The summed E-state index contributed by atoms with van der Waals surface area (Å²) in [6, 6.07) is 8.26. The highest BCUT2D eigenvalue weighted by atomic mass is 19.4. The Bertz CT molecular complexity index is 972. The fourth-order valence-electron chi connectivity index (χ4n) is 3.93. The van der Waals surface area contributed by atoms with Gasteiger partial charge in [-0.15, -0.1) is 0 Å². The van der Waals surface area contributed by atoms with E-state index >= 15 is 0 Å². The van der Waals surface area contributed by atoms with E-state index in [1.165, 1.54) is 29.2 Å². The molecule has 3 heterocycles. The summed E-state index contributed by atoms with van der Waals surface area (Å²) in [5.74, 6) is -1.12. The molecule has 0 N–H and O–H groups in total. The lowest BCUT2D eigenvalue weighted by Gasteiger charge is -2.36. The van der Waals surface area contributed by atoms with Crippen LogP contribution in [0.2, 0.25) is 0 Å². The fraction of sp³-hybridized carbons (Fsp3) is 0.381. The van der Waals surface area contributed by atoms with Crippen LogP contribution in [0.5, 0.6) is 0 Å². The van der Waals surface area contributed by atoms with Gasteiger partial charge in [0.1, 0.15) is 11.6 Å². The van der Waals surface area contributed by atoms with Gasteiger partial charge in [0.05, 0.1) is 17.2 Å². The maximum Gasteiger partial charge on any atom is 0.417 e. The Morgan fingerprint density at radius 2 is 1.74 bits per heavy atom. The Hall–Kier alpha value is -3.17. The number of benzene rings is 1. The second kappa shape index (κ2) is 8.16. The smallest absolute Gasteiger partial charge is 0.353 e. The minimum absolute atomic E-state index is 0.0217. The van der Waals surface area contributed by atoms with Gasteiger partial charge in [-0.05, 0) is 24.3 Å². The molecule has 1 aromatic heterocycles. The van der Waals surface area contributed by atoms with E-state index in [-0.39, 0.29) is 30.5 Å². The molecular formula is C21H20F4N4O2. The molecule has 2 fully saturated rings. The molecule has 4 rings (SSSR count). The van der Waals surface area contributed by atoms with E-state index in [1.807, 2.05) is 4.90 Å². The lowest BCUT2D eigenvalue weighted by molar-refractivity contribution is -0.138. The average molecular weight is 436 g/mol. The Balaban J connectivity index is 1.35. The van der Waals surface area contributed by atoms with Gasteiger partial charge < -0.3 is 14.7 Å². The predicted octanol–water partition coefficient (Wildman–Crippen LogP) is 2.94. The van der Waals surface area contributed by atoms with Gasteiger partial charge in [0.25, 0.3) is 0 Å². The number of hydrogen-bond donors (Lipinski definition) is 0. The highest BCUT2D eigenvalue weighted by molar-refractivity contribution is 6.00. The van der Waals surface area contributed by atoms with E-state index in [1.54, 1.807) is 11.0 Å². The summed E-state index contributed by atoms with van der Waals surface area (Å²) in [6.07, 6.45) is -3.62. The van der Waals surface area contributed by atoms with E-state index in [0.29, 0.717) is 32.0 Å². The molecule has 2 amide bonds. The number of para-hydroxylation sites is 1. The molecule has 2 aliphatic heterocycles. The first-order valence-electron chi connectivity index (χ1n) is 9.86. The number of nitrogens with zero attached hydrogens (tertiary/aromatic N) is 4. The lowest BCUT2D eigenvalue weighted by Crippen LogP contribution is -2.51. The third-order valence-electron chi connectivity index (χ3n) is 5.61. The molecule has 31 heavy (non-hydrogen) atoms. The van der Waals surface area contributed by atoms with Crippen molar-refractivity contribution in [2.24, 2.45) is 5.92 Å². The first-order valence-corrected chi connectivity index (χ1v) is 9.86. The molecule has 2 saturated heterocycles. The normalized spacial score (nSPS) is 19.8. The SMILES string of the molecule is O=C([C@H]1CC(=O)N(c2ccccc2F)C1)N1CCN(c2ccc(C(F)(F)F)cn2)CC1. The second-order valence-electron chi connectivity index (χ2n) is 7.57. The Morgan fingerprint density at radius 1 is 1.03 bits per heavy atom. The summed E-state index contributed by atoms with van der Waals surface area (Å²) in [5, 5.41) is 0. The fourth-order valence-corrected chi connectivity index (χ4v) is 3.93. The lowest BCUT2D eigenvalue weighted by atomic mass is 10.1. The zero-order valence-corrected chi connectivity index (χ0v) is 16.5. The minimum atomic E-state index is -4.44. The summed E-state index contributed by atoms with van der Waals surface area (Å²) < 4.78 is 52.1. The highest BCUT2D eigenvalue weighted by Gasteiger charge is 2.39. The van der Waals surface area contributed by atoms with Crippen LogP contribution < -0.4 is 9.80 Å². The van der Waals surface area contributed by atoms with Crippen LogP contribution in [-0.4, -0.2) is 54.4 Å². The van der Waals surface area contributed by atoms with Crippen molar-refractivity contribution >= 4 is 23.3 Å². The summed E-state index contributed by atoms with van der Waals surface area (Å²) in [4.78, 5) is 33.9. The van der Waals surface area contributed by atoms with Gasteiger partial charge >= 0.3 is 6.18 Å². The maximum atomic E-state index is 14.0. The highest BCUT2D eigenvalue weighted by Crippen LogP contribution is 2.30. The van der Waals surface area contributed by atoms with Crippen LogP contribution in [0.3, 0.4) is 0 Å². The summed E-state index contributed by atoms with van der Waals surface area (Å²) >= 11 is 0. The summed E-state index contributed by atoms with van der Waals surface area (Å²) in [6.45, 7) is 1.70. The van der Waals surface area contributed by atoms with Crippen LogP contribution in [0.4, 0.5) is 29.1 Å². The van der Waals surface area contributed by atoms with Crippen LogP contribution in [0.15, 0.2) is 42.6 Å². The Morgan fingerprint density at radius 3 is 2.35 bits per heavy atom. The number of anilines is 2. The molecule has 0 saturated carbocycles. The second-order valence-corrected chi connectivity index (χ2v) is 7.57. The van der Waals surface area contributed by atoms with Crippen molar-refractivity contribution in [3.8, 4) is 0 Å². The minimum Gasteiger partial charge on any atom is -0.353 e. The van der Waals surface area contributed by atoms with Crippen LogP contribution >= 0.6 is 0 Å². The molecule has 0 bridgehead atoms. The van der Waals surface area contributed by atoms with Crippen LogP contribution in [0, 0.1) is 11.7 Å². The average Bonchev–Trinajstić information content (AvgIpc) is 3.14. The van der Waals surface area contributed by atoms with E-state index in [9.17, 15) is 27.2 Å². The van der Waals surface area contributed by atoms with Gasteiger partial charge in [0, 0.05) is 45.3 Å². The van der Waals surface area contributed by atoms with Gasteiger partial charge in [0.15, 0.2) is 0 Å². The van der Waals surface area contributed by atoms with Crippen molar-refractivity contribution in [2.75, 3.05) is 42.5 Å². The number of piperazine rings is 1.